The van der Waals surface area contributed by atoms with Crippen LogP contribution in [0.5, 0.6) is 0 Å². The van der Waals surface area contributed by atoms with Crippen molar-refractivity contribution in [2.75, 3.05) is 5.32 Å². The lowest BCUT2D eigenvalue weighted by molar-refractivity contribution is 0.134. The second-order valence-electron chi connectivity index (χ2n) is 9.24. The van der Waals surface area contributed by atoms with Crippen molar-refractivity contribution in [1.82, 2.24) is 14.9 Å². The Morgan fingerprint density at radius 2 is 1.94 bits per heavy atom. The molecule has 0 aliphatic carbocycles. The van der Waals surface area contributed by atoms with Crippen molar-refractivity contribution in [3.05, 3.63) is 59.4 Å². The number of hydrogen-bond donors (Lipinski definition) is 3. The van der Waals surface area contributed by atoms with Crippen LogP contribution in [0.1, 0.15) is 57.1 Å². The molecule has 3 N–H and O–H groups in total. The van der Waals surface area contributed by atoms with E-state index in [1.807, 2.05) is 70.2 Å². The summed E-state index contributed by atoms with van der Waals surface area (Å²) < 4.78 is 6.67. The molecule has 1 aromatic heterocycles. The molecule has 4 rings (SSSR count). The van der Waals surface area contributed by atoms with Crippen LogP contribution in [0, 0.1) is 0 Å². The highest BCUT2D eigenvalue weighted by molar-refractivity contribution is 5.93. The van der Waals surface area contributed by atoms with Gasteiger partial charge in [0.1, 0.15) is 12.4 Å². The second kappa shape index (κ2) is 8.18. The van der Waals surface area contributed by atoms with Gasteiger partial charge in [-0.05, 0) is 31.0 Å². The molecule has 8 heteroatoms. The molecule has 168 valence electrons. The number of carbonyl (C=O) groups is 2. The van der Waals surface area contributed by atoms with Gasteiger partial charge in [-0.1, -0.05) is 51.1 Å². The zero-order valence-corrected chi connectivity index (χ0v) is 18.7. The summed E-state index contributed by atoms with van der Waals surface area (Å²) in [6.07, 6.45) is -1.06. The van der Waals surface area contributed by atoms with E-state index in [1.165, 1.54) is 4.57 Å². The lowest BCUT2D eigenvalue weighted by Crippen LogP contribution is -2.37. The molecule has 0 radical (unpaired) electrons. The molecule has 2 atom stereocenters. The van der Waals surface area contributed by atoms with Crippen molar-refractivity contribution in [2.45, 2.75) is 58.2 Å². The van der Waals surface area contributed by atoms with Gasteiger partial charge in [-0.25, -0.2) is 19.1 Å². The number of fused-ring (bicyclic) bond motifs is 3. The van der Waals surface area contributed by atoms with Crippen molar-refractivity contribution in [3.8, 4) is 0 Å². The SMILES string of the molecule is C[C@H]1C[C@@H](NC(=O)OCc2ccccc2)c2c(ccc3nc(C(C)(C)C)n(C(=O)O)c23)N1. The number of aromatic nitrogens is 2. The lowest BCUT2D eigenvalue weighted by Gasteiger charge is -2.32. The summed E-state index contributed by atoms with van der Waals surface area (Å²) >= 11 is 0. The molecular weight excluding hydrogens is 408 g/mol. The maximum absolute atomic E-state index is 12.6. The summed E-state index contributed by atoms with van der Waals surface area (Å²) in [6.45, 7) is 7.96. The molecule has 1 aliphatic heterocycles. The third-order valence-corrected chi connectivity index (χ3v) is 5.56. The van der Waals surface area contributed by atoms with E-state index in [-0.39, 0.29) is 12.6 Å². The fraction of sp³-hybridized carbons (Fsp3) is 0.375. The number of alkyl carbamates (subject to hydrolysis) is 1. The molecule has 8 nitrogen and oxygen atoms in total. The number of amides is 1. The number of nitrogens with one attached hydrogen (secondary N) is 2. The number of rotatable bonds is 3. The number of benzene rings is 2. The molecule has 3 aromatic rings. The zero-order chi connectivity index (χ0) is 23.0. The minimum Gasteiger partial charge on any atom is -0.464 e. The van der Waals surface area contributed by atoms with Crippen molar-refractivity contribution >= 4 is 28.9 Å². The average Bonchev–Trinajstić information content (AvgIpc) is 3.13. The average molecular weight is 437 g/mol. The number of ether oxygens (including phenoxy) is 1. The quantitative estimate of drug-likeness (QED) is 0.532. The van der Waals surface area contributed by atoms with E-state index in [2.05, 4.69) is 15.6 Å². The van der Waals surface area contributed by atoms with Crippen LogP contribution in [0.4, 0.5) is 15.3 Å². The maximum atomic E-state index is 12.6. The fourth-order valence-electron chi connectivity index (χ4n) is 4.19. The Kier molecular flexibility index (Phi) is 5.54. The molecule has 1 amide bonds. The van der Waals surface area contributed by atoms with Gasteiger partial charge in [0, 0.05) is 22.7 Å². The Bertz CT molecular complexity index is 1160. The van der Waals surface area contributed by atoms with Gasteiger partial charge in [-0.15, -0.1) is 0 Å². The highest BCUT2D eigenvalue weighted by Crippen LogP contribution is 2.39. The minimum atomic E-state index is -1.10. The smallest absolute Gasteiger partial charge is 0.417 e. The second-order valence-corrected chi connectivity index (χ2v) is 9.24. The van der Waals surface area contributed by atoms with E-state index in [4.69, 9.17) is 4.74 Å². The number of carbonyl (C=O) groups excluding carboxylic acids is 1. The number of hydrogen-bond acceptors (Lipinski definition) is 5. The first kappa shape index (κ1) is 21.7. The first-order valence-corrected chi connectivity index (χ1v) is 10.7. The summed E-state index contributed by atoms with van der Waals surface area (Å²) in [4.78, 5) is 29.5. The molecular formula is C24H28N4O4. The van der Waals surface area contributed by atoms with E-state index >= 15 is 0 Å². The molecule has 0 spiro atoms. The minimum absolute atomic E-state index is 0.0858. The van der Waals surface area contributed by atoms with Gasteiger partial charge in [0.05, 0.1) is 17.1 Å². The number of anilines is 1. The molecule has 2 aromatic carbocycles. The monoisotopic (exact) mass is 436 g/mol. The molecule has 2 heterocycles. The molecule has 1 aliphatic rings. The van der Waals surface area contributed by atoms with Gasteiger partial charge >= 0.3 is 12.2 Å². The molecule has 0 unspecified atom stereocenters. The molecule has 0 bridgehead atoms. The third-order valence-electron chi connectivity index (χ3n) is 5.56. The van der Waals surface area contributed by atoms with Crippen LogP contribution in [-0.4, -0.2) is 32.9 Å². The van der Waals surface area contributed by atoms with E-state index < -0.39 is 23.6 Å². The summed E-state index contributed by atoms with van der Waals surface area (Å²) in [5.41, 5.74) is 2.99. The number of carboxylic acid groups (broad SMARTS) is 1. The molecule has 0 saturated carbocycles. The Hall–Kier alpha value is -3.55. The zero-order valence-electron chi connectivity index (χ0n) is 18.7. The van der Waals surface area contributed by atoms with Crippen LogP contribution in [-0.2, 0) is 16.8 Å². The summed E-state index contributed by atoms with van der Waals surface area (Å²) in [7, 11) is 0. The van der Waals surface area contributed by atoms with Crippen LogP contribution < -0.4 is 10.6 Å². The largest absolute Gasteiger partial charge is 0.464 e. The topological polar surface area (TPSA) is 105 Å². The van der Waals surface area contributed by atoms with Gasteiger partial charge < -0.3 is 20.5 Å². The first-order chi connectivity index (χ1) is 15.1. The van der Waals surface area contributed by atoms with Crippen LogP contribution in [0.3, 0.4) is 0 Å². The Balaban J connectivity index is 1.72. The molecule has 0 fully saturated rings. The van der Waals surface area contributed by atoms with Crippen molar-refractivity contribution in [1.29, 1.82) is 0 Å². The van der Waals surface area contributed by atoms with Gasteiger partial charge in [0.15, 0.2) is 0 Å². The molecule has 0 saturated heterocycles. The Labute approximate surface area is 186 Å². The standard InChI is InChI=1S/C24H28N4O4/c1-14-12-18(27-22(29)32-13-15-8-6-5-7-9-15)19-16(25-14)10-11-17-20(19)28(23(30)31)21(26-17)24(2,3)4/h5-11,14,18,25H,12-13H2,1-4H3,(H,27,29)(H,30,31)/t14-,18+/m0/s1. The summed E-state index contributed by atoms with van der Waals surface area (Å²) in [5, 5.41) is 16.4. The molecule has 32 heavy (non-hydrogen) atoms. The summed E-state index contributed by atoms with van der Waals surface area (Å²) in [5.74, 6) is 0.456. The van der Waals surface area contributed by atoms with Gasteiger partial charge in [-0.3, -0.25) is 0 Å². The van der Waals surface area contributed by atoms with Crippen molar-refractivity contribution in [2.24, 2.45) is 0 Å². The van der Waals surface area contributed by atoms with Crippen LogP contribution in [0.2, 0.25) is 0 Å². The van der Waals surface area contributed by atoms with E-state index in [0.717, 1.165) is 11.3 Å². The number of imidazole rings is 1. The predicted octanol–water partition coefficient (Wildman–Crippen LogP) is 5.03. The third kappa shape index (κ3) is 4.12. The van der Waals surface area contributed by atoms with Gasteiger partial charge in [-0.2, -0.15) is 0 Å². The summed E-state index contributed by atoms with van der Waals surface area (Å²) in [6, 6.07) is 12.8. The predicted molar refractivity (Wildman–Crippen MR) is 122 cm³/mol. The highest BCUT2D eigenvalue weighted by Gasteiger charge is 2.33. The fourth-order valence-corrected chi connectivity index (χ4v) is 4.19. The maximum Gasteiger partial charge on any atom is 0.417 e. The van der Waals surface area contributed by atoms with Crippen molar-refractivity contribution in [3.63, 3.8) is 0 Å². The van der Waals surface area contributed by atoms with E-state index in [0.29, 0.717) is 28.8 Å². The lowest BCUT2D eigenvalue weighted by atomic mass is 9.92. The van der Waals surface area contributed by atoms with Crippen LogP contribution in [0.15, 0.2) is 42.5 Å². The first-order valence-electron chi connectivity index (χ1n) is 10.7. The Morgan fingerprint density at radius 1 is 1.22 bits per heavy atom. The highest BCUT2D eigenvalue weighted by atomic mass is 16.5. The normalized spacial score (nSPS) is 18.0. The van der Waals surface area contributed by atoms with E-state index in [1.54, 1.807) is 0 Å². The number of nitrogens with zero attached hydrogens (tertiary/aromatic N) is 2. The van der Waals surface area contributed by atoms with Crippen LogP contribution in [0.25, 0.3) is 11.0 Å². The van der Waals surface area contributed by atoms with Crippen LogP contribution >= 0.6 is 0 Å². The Morgan fingerprint density at radius 3 is 2.59 bits per heavy atom. The van der Waals surface area contributed by atoms with Crippen molar-refractivity contribution < 1.29 is 19.4 Å². The van der Waals surface area contributed by atoms with E-state index in [9.17, 15) is 14.7 Å². The van der Waals surface area contributed by atoms with Gasteiger partial charge in [0.2, 0.25) is 0 Å². The van der Waals surface area contributed by atoms with Gasteiger partial charge in [0.25, 0.3) is 0 Å².